The SMILES string of the molecule is CCOC(=O)C(CC)(CO)c1ccccc1. The van der Waals surface area contributed by atoms with Gasteiger partial charge in [-0.2, -0.15) is 0 Å². The van der Waals surface area contributed by atoms with Gasteiger partial charge >= 0.3 is 5.97 Å². The molecule has 0 radical (unpaired) electrons. The van der Waals surface area contributed by atoms with Crippen molar-refractivity contribution < 1.29 is 14.6 Å². The Balaban J connectivity index is 3.10. The molecule has 0 saturated carbocycles. The van der Waals surface area contributed by atoms with Crippen LogP contribution in [0.5, 0.6) is 0 Å². The van der Waals surface area contributed by atoms with Crippen molar-refractivity contribution in [1.29, 1.82) is 0 Å². The van der Waals surface area contributed by atoms with Gasteiger partial charge in [0.2, 0.25) is 0 Å². The lowest BCUT2D eigenvalue weighted by atomic mass is 9.79. The van der Waals surface area contributed by atoms with E-state index >= 15 is 0 Å². The minimum atomic E-state index is -0.919. The quantitative estimate of drug-likeness (QED) is 0.774. The molecule has 88 valence electrons. The first-order valence-electron chi connectivity index (χ1n) is 5.55. The molecule has 1 aromatic rings. The average Bonchev–Trinajstić information content (AvgIpc) is 2.33. The van der Waals surface area contributed by atoms with Crippen LogP contribution in [0, 0.1) is 0 Å². The predicted octanol–water partition coefficient (Wildman–Crippen LogP) is 1.89. The molecule has 1 rings (SSSR count). The van der Waals surface area contributed by atoms with Gasteiger partial charge in [0.25, 0.3) is 0 Å². The predicted molar refractivity (Wildman–Crippen MR) is 62.1 cm³/mol. The molecule has 3 heteroatoms. The van der Waals surface area contributed by atoms with Crippen LogP contribution >= 0.6 is 0 Å². The van der Waals surface area contributed by atoms with Gasteiger partial charge in [0.1, 0.15) is 5.41 Å². The fourth-order valence-corrected chi connectivity index (χ4v) is 1.76. The second-order valence-electron chi connectivity index (χ2n) is 3.68. The minimum Gasteiger partial charge on any atom is -0.465 e. The van der Waals surface area contributed by atoms with Crippen molar-refractivity contribution in [3.8, 4) is 0 Å². The molecule has 0 saturated heterocycles. The number of rotatable bonds is 5. The van der Waals surface area contributed by atoms with Crippen LogP contribution in [0.4, 0.5) is 0 Å². The van der Waals surface area contributed by atoms with Crippen molar-refractivity contribution in [2.75, 3.05) is 13.2 Å². The summed E-state index contributed by atoms with van der Waals surface area (Å²) in [5.41, 5.74) is -0.115. The molecule has 1 unspecified atom stereocenters. The van der Waals surface area contributed by atoms with Crippen molar-refractivity contribution in [2.45, 2.75) is 25.7 Å². The lowest BCUT2D eigenvalue weighted by Gasteiger charge is -2.28. The van der Waals surface area contributed by atoms with E-state index in [1.807, 2.05) is 37.3 Å². The fraction of sp³-hybridized carbons (Fsp3) is 0.462. The summed E-state index contributed by atoms with van der Waals surface area (Å²) < 4.78 is 5.04. The highest BCUT2D eigenvalue weighted by molar-refractivity contribution is 5.83. The Bertz CT molecular complexity index is 328. The Hall–Kier alpha value is -1.35. The van der Waals surface area contributed by atoms with E-state index in [4.69, 9.17) is 4.74 Å². The zero-order chi connectivity index (χ0) is 12.0. The standard InChI is InChI=1S/C13H18O3/c1-3-13(10-14,12(15)16-4-2)11-8-6-5-7-9-11/h5-9,14H,3-4,10H2,1-2H3. The van der Waals surface area contributed by atoms with Crippen LogP contribution in [0.15, 0.2) is 30.3 Å². The van der Waals surface area contributed by atoms with E-state index in [1.165, 1.54) is 0 Å². The van der Waals surface area contributed by atoms with Crippen molar-refractivity contribution in [3.63, 3.8) is 0 Å². The van der Waals surface area contributed by atoms with Gasteiger partial charge in [-0.1, -0.05) is 37.3 Å². The highest BCUT2D eigenvalue weighted by Crippen LogP contribution is 2.29. The Morgan fingerprint density at radius 1 is 1.31 bits per heavy atom. The molecule has 0 aliphatic carbocycles. The van der Waals surface area contributed by atoms with Crippen LogP contribution < -0.4 is 0 Å². The third-order valence-corrected chi connectivity index (χ3v) is 2.87. The maximum absolute atomic E-state index is 11.9. The molecule has 1 N–H and O–H groups in total. The van der Waals surface area contributed by atoms with Gasteiger partial charge < -0.3 is 9.84 Å². The monoisotopic (exact) mass is 222 g/mol. The van der Waals surface area contributed by atoms with E-state index in [-0.39, 0.29) is 12.6 Å². The largest absolute Gasteiger partial charge is 0.465 e. The average molecular weight is 222 g/mol. The third-order valence-electron chi connectivity index (χ3n) is 2.87. The first-order chi connectivity index (χ1) is 7.71. The highest BCUT2D eigenvalue weighted by atomic mass is 16.5. The summed E-state index contributed by atoms with van der Waals surface area (Å²) in [6.45, 7) is 3.74. The van der Waals surface area contributed by atoms with Crippen LogP contribution in [0.3, 0.4) is 0 Å². The fourth-order valence-electron chi connectivity index (χ4n) is 1.76. The molecular formula is C13H18O3. The highest BCUT2D eigenvalue weighted by Gasteiger charge is 2.39. The number of carbonyl (C=O) groups is 1. The zero-order valence-corrected chi connectivity index (χ0v) is 9.77. The van der Waals surface area contributed by atoms with Crippen molar-refractivity contribution in [1.82, 2.24) is 0 Å². The maximum Gasteiger partial charge on any atom is 0.318 e. The van der Waals surface area contributed by atoms with Crippen molar-refractivity contribution >= 4 is 5.97 Å². The van der Waals surface area contributed by atoms with E-state index in [0.717, 1.165) is 5.56 Å². The van der Waals surface area contributed by atoms with E-state index in [1.54, 1.807) is 6.92 Å². The first kappa shape index (κ1) is 12.7. The molecule has 0 heterocycles. The van der Waals surface area contributed by atoms with E-state index in [0.29, 0.717) is 13.0 Å². The number of aliphatic hydroxyl groups is 1. The molecule has 0 aliphatic rings. The smallest absolute Gasteiger partial charge is 0.318 e. The second-order valence-corrected chi connectivity index (χ2v) is 3.68. The van der Waals surface area contributed by atoms with E-state index in [2.05, 4.69) is 0 Å². The number of hydrogen-bond donors (Lipinski definition) is 1. The maximum atomic E-state index is 11.9. The molecule has 1 aromatic carbocycles. The summed E-state index contributed by atoms with van der Waals surface area (Å²) in [7, 11) is 0. The normalized spacial score (nSPS) is 14.2. The molecule has 0 amide bonds. The molecular weight excluding hydrogens is 204 g/mol. The van der Waals surface area contributed by atoms with E-state index < -0.39 is 5.41 Å². The Labute approximate surface area is 96.1 Å². The lowest BCUT2D eigenvalue weighted by molar-refractivity contribution is -0.152. The molecule has 16 heavy (non-hydrogen) atoms. The molecule has 0 bridgehead atoms. The Kier molecular flexibility index (Phi) is 4.50. The Morgan fingerprint density at radius 2 is 1.94 bits per heavy atom. The number of benzene rings is 1. The van der Waals surface area contributed by atoms with Gasteiger partial charge in [0.15, 0.2) is 0 Å². The minimum absolute atomic E-state index is 0.230. The van der Waals surface area contributed by atoms with Gasteiger partial charge in [0.05, 0.1) is 13.2 Å². The molecule has 3 nitrogen and oxygen atoms in total. The summed E-state index contributed by atoms with van der Waals surface area (Å²) in [4.78, 5) is 11.9. The number of hydrogen-bond acceptors (Lipinski definition) is 3. The zero-order valence-electron chi connectivity index (χ0n) is 9.77. The number of aliphatic hydroxyl groups excluding tert-OH is 1. The van der Waals surface area contributed by atoms with Gasteiger partial charge in [-0.25, -0.2) is 0 Å². The summed E-state index contributed by atoms with van der Waals surface area (Å²) in [5, 5.41) is 9.53. The van der Waals surface area contributed by atoms with Gasteiger partial charge in [-0.05, 0) is 18.9 Å². The van der Waals surface area contributed by atoms with E-state index in [9.17, 15) is 9.90 Å². The van der Waals surface area contributed by atoms with Crippen LogP contribution in [-0.2, 0) is 14.9 Å². The van der Waals surface area contributed by atoms with Crippen LogP contribution in [0.2, 0.25) is 0 Å². The number of esters is 1. The summed E-state index contributed by atoms with van der Waals surface area (Å²) in [6, 6.07) is 9.28. The topological polar surface area (TPSA) is 46.5 Å². The van der Waals surface area contributed by atoms with Crippen LogP contribution in [0.1, 0.15) is 25.8 Å². The van der Waals surface area contributed by atoms with Gasteiger partial charge in [-0.15, -0.1) is 0 Å². The summed E-state index contributed by atoms with van der Waals surface area (Å²) in [5.74, 6) is -0.355. The van der Waals surface area contributed by atoms with Gasteiger partial charge in [-0.3, -0.25) is 4.79 Å². The molecule has 0 fully saturated rings. The third kappa shape index (κ3) is 2.25. The summed E-state index contributed by atoms with van der Waals surface area (Å²) >= 11 is 0. The van der Waals surface area contributed by atoms with Crippen molar-refractivity contribution in [2.24, 2.45) is 0 Å². The lowest BCUT2D eigenvalue weighted by Crippen LogP contribution is -2.40. The molecule has 1 atom stereocenters. The second kappa shape index (κ2) is 5.66. The molecule has 0 aromatic heterocycles. The Morgan fingerprint density at radius 3 is 2.38 bits per heavy atom. The first-order valence-corrected chi connectivity index (χ1v) is 5.55. The number of carbonyl (C=O) groups excluding carboxylic acids is 1. The molecule has 0 aliphatic heterocycles. The summed E-state index contributed by atoms with van der Waals surface area (Å²) in [6.07, 6.45) is 0.520. The van der Waals surface area contributed by atoms with Crippen LogP contribution in [0.25, 0.3) is 0 Å². The van der Waals surface area contributed by atoms with Gasteiger partial charge in [0, 0.05) is 0 Å². The van der Waals surface area contributed by atoms with Crippen molar-refractivity contribution in [3.05, 3.63) is 35.9 Å². The molecule has 0 spiro atoms. The number of ether oxygens (including phenoxy) is 1. The van der Waals surface area contributed by atoms with Crippen LogP contribution in [-0.4, -0.2) is 24.3 Å².